The van der Waals surface area contributed by atoms with Gasteiger partial charge in [-0.1, -0.05) is 33.6 Å². The van der Waals surface area contributed by atoms with Gasteiger partial charge in [-0.05, 0) is 43.9 Å². The van der Waals surface area contributed by atoms with Gasteiger partial charge in [0.25, 0.3) is 0 Å². The summed E-state index contributed by atoms with van der Waals surface area (Å²) in [6.07, 6.45) is 1.96. The van der Waals surface area contributed by atoms with E-state index >= 15 is 0 Å². The monoisotopic (exact) mass is 267 g/mol. The molecule has 0 bridgehead atoms. The van der Waals surface area contributed by atoms with E-state index in [1.807, 2.05) is 19.1 Å². The number of benzene rings is 1. The first-order chi connectivity index (χ1) is 7.02. The largest absolute Gasteiger partial charge is 0.324 e. The van der Waals surface area contributed by atoms with E-state index in [-0.39, 0.29) is 6.04 Å². The molecule has 0 radical (unpaired) electrons. The molecule has 0 saturated heterocycles. The van der Waals surface area contributed by atoms with Crippen molar-refractivity contribution in [3.8, 4) is 0 Å². The van der Waals surface area contributed by atoms with Gasteiger partial charge in [0, 0.05) is 10.5 Å². The normalized spacial score (nSPS) is 12.5. The van der Waals surface area contributed by atoms with E-state index in [1.54, 1.807) is 0 Å². The van der Waals surface area contributed by atoms with Crippen molar-refractivity contribution in [2.75, 3.05) is 0 Å². The second-order valence-electron chi connectivity index (χ2n) is 4.06. The van der Waals surface area contributed by atoms with Gasteiger partial charge < -0.3 is 5.73 Å². The van der Waals surface area contributed by atoms with Gasteiger partial charge in [-0.3, -0.25) is 0 Å². The van der Waals surface area contributed by atoms with Gasteiger partial charge in [-0.25, -0.2) is 0 Å². The van der Waals surface area contributed by atoms with Crippen molar-refractivity contribution in [3.05, 3.63) is 46.0 Å². The molecule has 82 valence electrons. The van der Waals surface area contributed by atoms with Gasteiger partial charge in [-0.2, -0.15) is 0 Å². The number of allylic oxidation sites excluding steroid dienone is 1. The highest BCUT2D eigenvalue weighted by Gasteiger charge is 2.09. The average molecular weight is 268 g/mol. The molecule has 1 rings (SSSR count). The first-order valence-corrected chi connectivity index (χ1v) is 5.96. The Morgan fingerprint density at radius 2 is 2.20 bits per heavy atom. The predicted molar refractivity (Wildman–Crippen MR) is 69.9 cm³/mol. The van der Waals surface area contributed by atoms with E-state index in [2.05, 4.69) is 35.5 Å². The molecule has 0 fully saturated rings. The van der Waals surface area contributed by atoms with Crippen molar-refractivity contribution in [1.82, 2.24) is 0 Å². The van der Waals surface area contributed by atoms with Crippen LogP contribution in [0.2, 0.25) is 0 Å². The topological polar surface area (TPSA) is 26.0 Å². The molecule has 0 aromatic heterocycles. The second-order valence-corrected chi connectivity index (χ2v) is 4.91. The predicted octanol–water partition coefficient (Wildman–Crippen LogP) is 4.11. The molecule has 1 aromatic rings. The lowest BCUT2D eigenvalue weighted by molar-refractivity contribution is 0.645. The third-order valence-corrected chi connectivity index (χ3v) is 3.45. The Hall–Kier alpha value is -0.600. The maximum atomic E-state index is 6.15. The fourth-order valence-corrected chi connectivity index (χ4v) is 1.96. The lowest BCUT2D eigenvalue weighted by Crippen LogP contribution is -2.11. The Labute approximate surface area is 101 Å². The zero-order valence-corrected chi connectivity index (χ0v) is 11.0. The van der Waals surface area contributed by atoms with Crippen molar-refractivity contribution in [2.45, 2.75) is 32.7 Å². The van der Waals surface area contributed by atoms with Gasteiger partial charge in [0.2, 0.25) is 0 Å². The molecule has 1 atom stereocenters. The Kier molecular flexibility index (Phi) is 4.55. The van der Waals surface area contributed by atoms with Crippen molar-refractivity contribution in [1.29, 1.82) is 0 Å². The highest BCUT2D eigenvalue weighted by molar-refractivity contribution is 9.10. The molecule has 0 amide bonds. The standard InChI is InChI=1S/C13H18BrN/c1-9(2)7-8-13(15)11-5-4-6-12(14)10(11)3/h4-6,13H,1,7-8,15H2,2-3H3. The van der Waals surface area contributed by atoms with Crippen molar-refractivity contribution in [2.24, 2.45) is 5.73 Å². The fraction of sp³-hybridized carbons (Fsp3) is 0.385. The minimum Gasteiger partial charge on any atom is -0.324 e. The van der Waals surface area contributed by atoms with Crippen LogP contribution < -0.4 is 5.73 Å². The Morgan fingerprint density at radius 1 is 1.53 bits per heavy atom. The van der Waals surface area contributed by atoms with E-state index in [9.17, 15) is 0 Å². The maximum Gasteiger partial charge on any atom is 0.0300 e. The summed E-state index contributed by atoms with van der Waals surface area (Å²) in [6.45, 7) is 8.04. The summed E-state index contributed by atoms with van der Waals surface area (Å²) in [7, 11) is 0. The highest BCUT2D eigenvalue weighted by atomic mass is 79.9. The van der Waals surface area contributed by atoms with Crippen LogP contribution >= 0.6 is 15.9 Å². The van der Waals surface area contributed by atoms with Gasteiger partial charge in [0.15, 0.2) is 0 Å². The van der Waals surface area contributed by atoms with E-state index in [1.165, 1.54) is 16.7 Å². The molecule has 2 heteroatoms. The van der Waals surface area contributed by atoms with E-state index in [0.717, 1.165) is 17.3 Å². The molecule has 0 saturated carbocycles. The first-order valence-electron chi connectivity index (χ1n) is 5.17. The van der Waals surface area contributed by atoms with Gasteiger partial charge >= 0.3 is 0 Å². The molecule has 0 aliphatic heterocycles. The van der Waals surface area contributed by atoms with E-state index < -0.39 is 0 Å². The molecule has 1 nitrogen and oxygen atoms in total. The maximum absolute atomic E-state index is 6.15. The smallest absolute Gasteiger partial charge is 0.0300 e. The van der Waals surface area contributed by atoms with Crippen LogP contribution in [-0.2, 0) is 0 Å². The zero-order valence-electron chi connectivity index (χ0n) is 9.39. The molecular formula is C13H18BrN. The van der Waals surface area contributed by atoms with Crippen molar-refractivity contribution in [3.63, 3.8) is 0 Å². The molecule has 15 heavy (non-hydrogen) atoms. The number of rotatable bonds is 4. The SMILES string of the molecule is C=C(C)CCC(N)c1cccc(Br)c1C. The summed E-state index contributed by atoms with van der Waals surface area (Å²) in [4.78, 5) is 0. The van der Waals surface area contributed by atoms with Crippen LogP contribution in [0.1, 0.15) is 36.9 Å². The lowest BCUT2D eigenvalue weighted by atomic mass is 9.97. The van der Waals surface area contributed by atoms with E-state index in [4.69, 9.17) is 5.73 Å². The molecule has 0 aliphatic carbocycles. The van der Waals surface area contributed by atoms with Crippen LogP contribution in [0.15, 0.2) is 34.8 Å². The molecule has 2 N–H and O–H groups in total. The summed E-state index contributed by atoms with van der Waals surface area (Å²) in [5.41, 5.74) is 9.81. The highest BCUT2D eigenvalue weighted by Crippen LogP contribution is 2.26. The lowest BCUT2D eigenvalue weighted by Gasteiger charge is -2.15. The van der Waals surface area contributed by atoms with Crippen LogP contribution in [0.25, 0.3) is 0 Å². The number of nitrogens with two attached hydrogens (primary N) is 1. The summed E-state index contributed by atoms with van der Waals surface area (Å²) in [5, 5.41) is 0. The number of hydrogen-bond acceptors (Lipinski definition) is 1. The fourth-order valence-electron chi connectivity index (χ4n) is 1.58. The third kappa shape index (κ3) is 3.47. The minimum absolute atomic E-state index is 0.110. The van der Waals surface area contributed by atoms with Crippen LogP contribution in [-0.4, -0.2) is 0 Å². The van der Waals surface area contributed by atoms with Crippen molar-refractivity contribution < 1.29 is 0 Å². The summed E-state index contributed by atoms with van der Waals surface area (Å²) < 4.78 is 1.13. The molecule has 1 aromatic carbocycles. The Bertz CT molecular complexity index is 358. The number of halogens is 1. The van der Waals surface area contributed by atoms with Crippen molar-refractivity contribution >= 4 is 15.9 Å². The number of hydrogen-bond donors (Lipinski definition) is 1. The first kappa shape index (κ1) is 12.5. The molecule has 0 heterocycles. The van der Waals surface area contributed by atoms with E-state index in [0.29, 0.717) is 0 Å². The zero-order chi connectivity index (χ0) is 11.4. The molecule has 1 unspecified atom stereocenters. The van der Waals surface area contributed by atoms with Crippen LogP contribution in [0.5, 0.6) is 0 Å². The quantitative estimate of drug-likeness (QED) is 0.817. The molecule has 0 spiro atoms. The Morgan fingerprint density at radius 3 is 2.80 bits per heavy atom. The molecular weight excluding hydrogens is 250 g/mol. The van der Waals surface area contributed by atoms with Gasteiger partial charge in [0.05, 0.1) is 0 Å². The molecule has 0 aliphatic rings. The minimum atomic E-state index is 0.110. The summed E-state index contributed by atoms with van der Waals surface area (Å²) in [6, 6.07) is 6.29. The summed E-state index contributed by atoms with van der Waals surface area (Å²) >= 11 is 3.52. The van der Waals surface area contributed by atoms with Crippen LogP contribution in [0.3, 0.4) is 0 Å². The summed E-state index contributed by atoms with van der Waals surface area (Å²) in [5.74, 6) is 0. The third-order valence-electron chi connectivity index (χ3n) is 2.59. The second kappa shape index (κ2) is 5.47. The van der Waals surface area contributed by atoms with Crippen LogP contribution in [0.4, 0.5) is 0 Å². The van der Waals surface area contributed by atoms with Crippen LogP contribution in [0, 0.1) is 6.92 Å². The Balaban J connectivity index is 2.77. The van der Waals surface area contributed by atoms with Gasteiger partial charge in [0.1, 0.15) is 0 Å². The average Bonchev–Trinajstić information content (AvgIpc) is 2.18. The van der Waals surface area contributed by atoms with Gasteiger partial charge in [-0.15, -0.1) is 6.58 Å².